The molecule has 2 aliphatic heterocycles. The summed E-state index contributed by atoms with van der Waals surface area (Å²) in [6.45, 7) is 3.72. The van der Waals surface area contributed by atoms with E-state index in [0.717, 1.165) is 0 Å². The summed E-state index contributed by atoms with van der Waals surface area (Å²) in [4.78, 5) is 27.7. The van der Waals surface area contributed by atoms with Crippen molar-refractivity contribution in [1.82, 2.24) is 14.9 Å². The van der Waals surface area contributed by atoms with Gasteiger partial charge in [0.15, 0.2) is 5.76 Å². The van der Waals surface area contributed by atoms with E-state index in [2.05, 4.69) is 27.0 Å². The van der Waals surface area contributed by atoms with Crippen molar-refractivity contribution in [2.45, 2.75) is 12.8 Å². The zero-order valence-electron chi connectivity index (χ0n) is 18.6. The lowest BCUT2D eigenvalue weighted by atomic mass is 9.95. The molecule has 172 valence electrons. The number of aromatic nitrogens is 2. The Hall–Kier alpha value is -4.31. The van der Waals surface area contributed by atoms with Crippen LogP contribution in [0, 0.1) is 28.6 Å². The summed E-state index contributed by atoms with van der Waals surface area (Å²) in [6, 6.07) is 11.3. The molecule has 5 rings (SSSR count). The maximum Gasteiger partial charge on any atom is 0.266 e. The highest BCUT2D eigenvalue weighted by molar-refractivity contribution is 5.79. The molecule has 0 saturated carbocycles. The maximum atomic E-state index is 13.2. The first-order valence-corrected chi connectivity index (χ1v) is 11.3. The smallest absolute Gasteiger partial charge is 0.266 e. The minimum absolute atomic E-state index is 0.0645. The first-order chi connectivity index (χ1) is 16.7. The van der Waals surface area contributed by atoms with Crippen LogP contribution in [0.5, 0.6) is 0 Å². The van der Waals surface area contributed by atoms with E-state index in [1.807, 2.05) is 9.80 Å². The van der Waals surface area contributed by atoms with E-state index >= 15 is 0 Å². The number of pyridine rings is 1. The van der Waals surface area contributed by atoms with Crippen LogP contribution in [0.15, 0.2) is 45.6 Å². The van der Waals surface area contributed by atoms with Gasteiger partial charge < -0.3 is 23.5 Å². The van der Waals surface area contributed by atoms with Crippen LogP contribution in [0.3, 0.4) is 0 Å². The Kier molecular flexibility index (Phi) is 5.88. The van der Waals surface area contributed by atoms with Gasteiger partial charge in [0.05, 0.1) is 11.8 Å². The fraction of sp³-hybridized carbons (Fsp3) is 0.375. The molecule has 0 bridgehead atoms. The summed E-state index contributed by atoms with van der Waals surface area (Å²) in [7, 11) is 0. The highest BCUT2D eigenvalue weighted by atomic mass is 16.4. The van der Waals surface area contributed by atoms with Crippen molar-refractivity contribution < 1.29 is 13.6 Å². The molecule has 0 atom stereocenters. The Morgan fingerprint density at radius 2 is 1.79 bits per heavy atom. The Labute approximate surface area is 196 Å². The van der Waals surface area contributed by atoms with Gasteiger partial charge in [-0.25, -0.2) is 4.98 Å². The SMILES string of the molecule is N#Cc1cccnc1N1CCN(C(=O)C2CCN(c3oc(-c4ccco4)nc3C#N)CC2)CC1. The third kappa shape index (κ3) is 4.06. The van der Waals surface area contributed by atoms with Crippen molar-refractivity contribution >= 4 is 17.6 Å². The van der Waals surface area contributed by atoms with Crippen molar-refractivity contribution in [2.75, 3.05) is 49.1 Å². The quantitative estimate of drug-likeness (QED) is 0.581. The number of amides is 1. The summed E-state index contributed by atoms with van der Waals surface area (Å²) in [5.74, 6) is 1.96. The Balaban J connectivity index is 1.18. The molecular formula is C24H23N7O3. The number of piperidine rings is 1. The lowest BCUT2D eigenvalue weighted by Crippen LogP contribution is -2.52. The Morgan fingerprint density at radius 3 is 2.47 bits per heavy atom. The van der Waals surface area contributed by atoms with Gasteiger partial charge in [-0.2, -0.15) is 15.5 Å². The van der Waals surface area contributed by atoms with Crippen molar-refractivity contribution in [3.05, 3.63) is 48.0 Å². The highest BCUT2D eigenvalue weighted by Gasteiger charge is 2.33. The second-order valence-corrected chi connectivity index (χ2v) is 8.32. The van der Waals surface area contributed by atoms with Gasteiger partial charge in [0.2, 0.25) is 17.5 Å². The fourth-order valence-electron chi connectivity index (χ4n) is 4.57. The summed E-state index contributed by atoms with van der Waals surface area (Å²) in [5.41, 5.74) is 0.771. The number of nitriles is 2. The normalized spacial score (nSPS) is 16.8. The van der Waals surface area contributed by atoms with E-state index in [-0.39, 0.29) is 23.4 Å². The Bertz CT molecular complexity index is 1240. The van der Waals surface area contributed by atoms with E-state index in [1.54, 1.807) is 30.5 Å². The molecule has 2 aliphatic rings. The molecule has 2 saturated heterocycles. The van der Waals surface area contributed by atoms with Gasteiger partial charge >= 0.3 is 0 Å². The van der Waals surface area contributed by atoms with E-state index < -0.39 is 0 Å². The number of carbonyl (C=O) groups excluding carboxylic acids is 1. The van der Waals surface area contributed by atoms with Crippen molar-refractivity contribution in [3.63, 3.8) is 0 Å². The molecule has 10 nitrogen and oxygen atoms in total. The molecular weight excluding hydrogens is 434 g/mol. The fourth-order valence-corrected chi connectivity index (χ4v) is 4.57. The number of oxazole rings is 1. The summed E-state index contributed by atoms with van der Waals surface area (Å²) in [6.07, 6.45) is 4.57. The minimum atomic E-state index is -0.0645. The molecule has 1 amide bonds. The number of piperazine rings is 1. The van der Waals surface area contributed by atoms with Crippen molar-refractivity contribution in [2.24, 2.45) is 5.92 Å². The second-order valence-electron chi connectivity index (χ2n) is 8.32. The van der Waals surface area contributed by atoms with Crippen LogP contribution >= 0.6 is 0 Å². The Morgan fingerprint density at radius 1 is 1.00 bits per heavy atom. The van der Waals surface area contributed by atoms with Crippen molar-refractivity contribution in [3.8, 4) is 23.8 Å². The third-order valence-corrected chi connectivity index (χ3v) is 6.38. The number of furan rings is 1. The van der Waals surface area contributed by atoms with Gasteiger partial charge in [-0.05, 0) is 37.1 Å². The van der Waals surface area contributed by atoms with Gasteiger partial charge in [0.25, 0.3) is 5.89 Å². The average Bonchev–Trinajstić information content (AvgIpc) is 3.59. The topological polar surface area (TPSA) is 126 Å². The summed E-state index contributed by atoms with van der Waals surface area (Å²) in [5, 5.41) is 18.8. The lowest BCUT2D eigenvalue weighted by molar-refractivity contribution is -0.136. The molecule has 0 unspecified atom stereocenters. The largest absolute Gasteiger partial charge is 0.459 e. The molecule has 34 heavy (non-hydrogen) atoms. The predicted octanol–water partition coefficient (Wildman–Crippen LogP) is 2.64. The van der Waals surface area contributed by atoms with E-state index in [0.29, 0.717) is 75.1 Å². The first kappa shape index (κ1) is 21.5. The van der Waals surface area contributed by atoms with E-state index in [4.69, 9.17) is 8.83 Å². The van der Waals surface area contributed by atoms with Crippen LogP contribution in [0.2, 0.25) is 0 Å². The van der Waals surface area contributed by atoms with Crippen LogP contribution in [-0.4, -0.2) is 60.0 Å². The van der Waals surface area contributed by atoms with E-state index in [9.17, 15) is 15.3 Å². The number of carbonyl (C=O) groups is 1. The zero-order valence-corrected chi connectivity index (χ0v) is 18.6. The monoisotopic (exact) mass is 457 g/mol. The standard InChI is InChI=1S/C24H23N7O3/c25-15-18-3-1-7-27-21(18)29-10-12-30(13-11-29)23(32)17-5-8-31(9-6-17)24-19(16-26)28-22(34-24)20-4-2-14-33-20/h1-4,7,14,17H,5-6,8-13H2. The molecule has 0 N–H and O–H groups in total. The van der Waals surface area contributed by atoms with Gasteiger partial charge in [0, 0.05) is 51.4 Å². The molecule has 2 fully saturated rings. The zero-order chi connectivity index (χ0) is 23.5. The highest BCUT2D eigenvalue weighted by Crippen LogP contribution is 2.32. The predicted molar refractivity (Wildman–Crippen MR) is 122 cm³/mol. The summed E-state index contributed by atoms with van der Waals surface area (Å²) < 4.78 is 11.2. The average molecular weight is 457 g/mol. The molecule has 0 aliphatic carbocycles. The van der Waals surface area contributed by atoms with Crippen LogP contribution in [0.1, 0.15) is 24.1 Å². The summed E-state index contributed by atoms with van der Waals surface area (Å²) >= 11 is 0. The first-order valence-electron chi connectivity index (χ1n) is 11.3. The molecule has 3 aromatic rings. The van der Waals surface area contributed by atoms with Crippen molar-refractivity contribution in [1.29, 1.82) is 10.5 Å². The van der Waals surface area contributed by atoms with Gasteiger partial charge in [-0.1, -0.05) is 0 Å². The number of rotatable bonds is 4. The molecule has 0 spiro atoms. The van der Waals surface area contributed by atoms with Gasteiger partial charge in [0.1, 0.15) is 18.0 Å². The molecule has 3 aromatic heterocycles. The van der Waals surface area contributed by atoms with E-state index in [1.165, 1.54) is 6.26 Å². The maximum absolute atomic E-state index is 13.2. The third-order valence-electron chi connectivity index (χ3n) is 6.38. The van der Waals surface area contributed by atoms with Gasteiger partial charge in [-0.15, -0.1) is 0 Å². The van der Waals surface area contributed by atoms with Crippen LogP contribution in [0.25, 0.3) is 11.7 Å². The minimum Gasteiger partial charge on any atom is -0.459 e. The number of hydrogen-bond acceptors (Lipinski definition) is 9. The number of anilines is 2. The van der Waals surface area contributed by atoms with Gasteiger partial charge in [-0.3, -0.25) is 4.79 Å². The molecule has 0 radical (unpaired) electrons. The number of nitrogens with zero attached hydrogens (tertiary/aromatic N) is 7. The molecule has 0 aromatic carbocycles. The number of hydrogen-bond donors (Lipinski definition) is 0. The van der Waals surface area contributed by atoms with Crippen LogP contribution < -0.4 is 9.80 Å². The molecule has 10 heteroatoms. The second kappa shape index (κ2) is 9.28. The van der Waals surface area contributed by atoms with Crippen LogP contribution in [-0.2, 0) is 4.79 Å². The lowest BCUT2D eigenvalue weighted by Gasteiger charge is -2.39. The van der Waals surface area contributed by atoms with Crippen LogP contribution in [0.4, 0.5) is 11.7 Å². The molecule has 5 heterocycles.